The molecule has 0 atom stereocenters. The minimum Gasteiger partial charge on any atom is -0.378 e. The average Bonchev–Trinajstić information content (AvgIpc) is 3.29. The predicted molar refractivity (Wildman–Crippen MR) is 104 cm³/mol. The Bertz CT molecular complexity index is 1010. The van der Waals surface area contributed by atoms with E-state index < -0.39 is 17.6 Å². The number of anilines is 2. The molecule has 1 N–H and O–H groups in total. The summed E-state index contributed by atoms with van der Waals surface area (Å²) in [5.74, 6) is -0.0343. The van der Waals surface area contributed by atoms with Crippen LogP contribution in [0.15, 0.2) is 55.0 Å². The summed E-state index contributed by atoms with van der Waals surface area (Å²) in [6.45, 7) is 1.98. The molecule has 1 aliphatic rings. The summed E-state index contributed by atoms with van der Waals surface area (Å²) in [4.78, 5) is 18.8. The van der Waals surface area contributed by atoms with Gasteiger partial charge in [0.05, 0.1) is 35.7 Å². The van der Waals surface area contributed by atoms with Crippen molar-refractivity contribution >= 4 is 17.3 Å². The smallest absolute Gasteiger partial charge is 0.378 e. The molecule has 1 fully saturated rings. The molecule has 30 heavy (non-hydrogen) atoms. The standard InChI is InChI=1S/C20H18F3N5O2/c21-20(22,23)15-3-4-17(27-8-10-30-11-9-27)16(12-15)26-19(29)14-2-5-18(24-13-14)28-7-1-6-25-28/h1-7,12-13H,8-11H2,(H,26,29). The van der Waals surface area contributed by atoms with Crippen molar-refractivity contribution in [3.63, 3.8) is 0 Å². The number of halogens is 3. The van der Waals surface area contributed by atoms with E-state index in [2.05, 4.69) is 15.4 Å². The topological polar surface area (TPSA) is 72.3 Å². The third-order valence-corrected chi connectivity index (χ3v) is 4.67. The molecular weight excluding hydrogens is 399 g/mol. The maximum atomic E-state index is 13.2. The summed E-state index contributed by atoms with van der Waals surface area (Å²) in [7, 11) is 0. The number of rotatable bonds is 4. The fourth-order valence-electron chi connectivity index (χ4n) is 3.15. The number of nitrogens with zero attached hydrogens (tertiary/aromatic N) is 4. The summed E-state index contributed by atoms with van der Waals surface area (Å²) in [5.41, 5.74) is -0.00754. The normalized spacial score (nSPS) is 14.6. The van der Waals surface area contributed by atoms with Crippen LogP contribution in [-0.2, 0) is 10.9 Å². The second-order valence-corrected chi connectivity index (χ2v) is 6.64. The summed E-state index contributed by atoms with van der Waals surface area (Å²) < 4.78 is 46.5. The molecule has 0 radical (unpaired) electrons. The van der Waals surface area contributed by atoms with E-state index in [0.717, 1.165) is 12.1 Å². The molecule has 0 bridgehead atoms. The molecule has 0 unspecified atom stereocenters. The van der Waals surface area contributed by atoms with Gasteiger partial charge in [-0.25, -0.2) is 9.67 Å². The van der Waals surface area contributed by atoms with E-state index in [1.807, 2.05) is 4.90 Å². The van der Waals surface area contributed by atoms with Gasteiger partial charge in [-0.05, 0) is 36.4 Å². The first kappa shape index (κ1) is 19.9. The summed E-state index contributed by atoms with van der Waals surface area (Å²) >= 11 is 0. The second-order valence-electron chi connectivity index (χ2n) is 6.64. The van der Waals surface area contributed by atoms with Crippen LogP contribution in [0, 0.1) is 0 Å². The number of pyridine rings is 1. The van der Waals surface area contributed by atoms with Gasteiger partial charge in [-0.3, -0.25) is 4.79 Å². The molecule has 7 nitrogen and oxygen atoms in total. The lowest BCUT2D eigenvalue weighted by molar-refractivity contribution is -0.137. The fourth-order valence-corrected chi connectivity index (χ4v) is 3.15. The first-order valence-electron chi connectivity index (χ1n) is 9.23. The minimum absolute atomic E-state index is 0.0906. The molecule has 1 aromatic carbocycles. The molecule has 2 aromatic heterocycles. The Morgan fingerprint density at radius 3 is 2.57 bits per heavy atom. The van der Waals surface area contributed by atoms with Crippen molar-refractivity contribution in [3.05, 3.63) is 66.1 Å². The van der Waals surface area contributed by atoms with Crippen LogP contribution in [0.5, 0.6) is 0 Å². The highest BCUT2D eigenvalue weighted by atomic mass is 19.4. The van der Waals surface area contributed by atoms with Crippen LogP contribution < -0.4 is 10.2 Å². The van der Waals surface area contributed by atoms with Gasteiger partial charge in [0.25, 0.3) is 5.91 Å². The third-order valence-electron chi connectivity index (χ3n) is 4.67. The maximum Gasteiger partial charge on any atom is 0.416 e. The molecule has 0 aliphatic carbocycles. The number of carbonyl (C=O) groups is 1. The van der Waals surface area contributed by atoms with E-state index in [4.69, 9.17) is 4.74 Å². The van der Waals surface area contributed by atoms with Crippen molar-refractivity contribution in [2.45, 2.75) is 6.18 Å². The Kier molecular flexibility index (Phi) is 5.40. The zero-order valence-corrected chi connectivity index (χ0v) is 15.8. The highest BCUT2D eigenvalue weighted by Gasteiger charge is 2.32. The maximum absolute atomic E-state index is 13.2. The Morgan fingerprint density at radius 2 is 1.93 bits per heavy atom. The van der Waals surface area contributed by atoms with Crippen molar-refractivity contribution in [1.29, 1.82) is 0 Å². The molecule has 156 valence electrons. The first-order valence-corrected chi connectivity index (χ1v) is 9.23. The van der Waals surface area contributed by atoms with Gasteiger partial charge >= 0.3 is 6.18 Å². The van der Waals surface area contributed by atoms with Crippen molar-refractivity contribution in [2.75, 3.05) is 36.5 Å². The summed E-state index contributed by atoms with van der Waals surface area (Å²) in [6, 6.07) is 8.24. The number of amides is 1. The zero-order chi connectivity index (χ0) is 21.1. The van der Waals surface area contributed by atoms with E-state index in [1.165, 1.54) is 16.9 Å². The molecule has 1 saturated heterocycles. The van der Waals surface area contributed by atoms with Gasteiger partial charge < -0.3 is 15.0 Å². The van der Waals surface area contributed by atoms with E-state index in [-0.39, 0.29) is 11.3 Å². The molecule has 0 saturated carbocycles. The van der Waals surface area contributed by atoms with Gasteiger partial charge in [-0.2, -0.15) is 18.3 Å². The minimum atomic E-state index is -4.52. The monoisotopic (exact) mass is 417 g/mol. The number of hydrogen-bond donors (Lipinski definition) is 1. The van der Waals surface area contributed by atoms with Crippen molar-refractivity contribution in [1.82, 2.24) is 14.8 Å². The van der Waals surface area contributed by atoms with E-state index in [0.29, 0.717) is 37.8 Å². The second kappa shape index (κ2) is 8.15. The first-order chi connectivity index (χ1) is 14.4. The van der Waals surface area contributed by atoms with Crippen LogP contribution in [0.1, 0.15) is 15.9 Å². The van der Waals surface area contributed by atoms with Gasteiger partial charge in [0.1, 0.15) is 0 Å². The Labute approximate surface area is 170 Å². The number of hydrogen-bond acceptors (Lipinski definition) is 5. The largest absolute Gasteiger partial charge is 0.416 e. The number of nitrogens with one attached hydrogen (secondary N) is 1. The summed E-state index contributed by atoms with van der Waals surface area (Å²) in [6.07, 6.45) is 0.146. The lowest BCUT2D eigenvalue weighted by Gasteiger charge is -2.31. The lowest BCUT2D eigenvalue weighted by atomic mass is 10.1. The van der Waals surface area contributed by atoms with Gasteiger partial charge in [0, 0.05) is 31.7 Å². The lowest BCUT2D eigenvalue weighted by Crippen LogP contribution is -2.36. The van der Waals surface area contributed by atoms with Gasteiger partial charge in [0.15, 0.2) is 5.82 Å². The fraction of sp³-hybridized carbons (Fsp3) is 0.250. The van der Waals surface area contributed by atoms with E-state index in [1.54, 1.807) is 30.6 Å². The van der Waals surface area contributed by atoms with Gasteiger partial charge in [-0.15, -0.1) is 0 Å². The Morgan fingerprint density at radius 1 is 1.13 bits per heavy atom. The van der Waals surface area contributed by atoms with Crippen molar-refractivity contribution in [2.24, 2.45) is 0 Å². The highest BCUT2D eigenvalue weighted by molar-refractivity contribution is 6.05. The molecule has 0 spiro atoms. The van der Waals surface area contributed by atoms with Crippen LogP contribution in [-0.4, -0.2) is 47.0 Å². The molecule has 1 amide bonds. The average molecular weight is 417 g/mol. The number of benzene rings is 1. The van der Waals surface area contributed by atoms with Gasteiger partial charge in [-0.1, -0.05) is 0 Å². The SMILES string of the molecule is O=C(Nc1cc(C(F)(F)F)ccc1N1CCOCC1)c1ccc(-n2cccn2)nc1. The molecule has 3 aromatic rings. The Balaban J connectivity index is 1.60. The highest BCUT2D eigenvalue weighted by Crippen LogP contribution is 2.36. The number of aromatic nitrogens is 3. The van der Waals surface area contributed by atoms with Crippen LogP contribution in [0.3, 0.4) is 0 Å². The predicted octanol–water partition coefficient (Wildman–Crippen LogP) is 3.38. The molecule has 10 heteroatoms. The number of morpholine rings is 1. The third kappa shape index (κ3) is 4.28. The molecule has 3 heterocycles. The molecule has 1 aliphatic heterocycles. The van der Waals surface area contributed by atoms with Crippen molar-refractivity contribution < 1.29 is 22.7 Å². The van der Waals surface area contributed by atoms with Crippen molar-refractivity contribution in [3.8, 4) is 5.82 Å². The molecule has 4 rings (SSSR count). The number of carbonyl (C=O) groups excluding carboxylic acids is 1. The number of alkyl halides is 3. The quantitative estimate of drug-likeness (QED) is 0.705. The Hall–Kier alpha value is -3.40. The number of ether oxygens (including phenoxy) is 1. The summed E-state index contributed by atoms with van der Waals surface area (Å²) in [5, 5.41) is 6.66. The van der Waals surface area contributed by atoms with Crippen LogP contribution in [0.4, 0.5) is 24.5 Å². The van der Waals surface area contributed by atoms with Gasteiger partial charge in [0.2, 0.25) is 0 Å². The van der Waals surface area contributed by atoms with Crippen LogP contribution >= 0.6 is 0 Å². The van der Waals surface area contributed by atoms with E-state index in [9.17, 15) is 18.0 Å². The zero-order valence-electron chi connectivity index (χ0n) is 15.8. The van der Waals surface area contributed by atoms with Crippen LogP contribution in [0.25, 0.3) is 5.82 Å². The molecular formula is C20H18F3N5O2. The van der Waals surface area contributed by atoms with E-state index >= 15 is 0 Å². The van der Waals surface area contributed by atoms with Crippen LogP contribution in [0.2, 0.25) is 0 Å².